The van der Waals surface area contributed by atoms with E-state index in [-0.39, 0.29) is 13.2 Å². The Morgan fingerprint density at radius 3 is 1.58 bits per heavy atom. The molecule has 0 bridgehead atoms. The largest absolute Gasteiger partial charge is 0.305 e. The van der Waals surface area contributed by atoms with Crippen LogP contribution in [0.5, 0.6) is 0 Å². The molecule has 0 aromatic rings. The average molecular weight is 214 g/mol. The maximum atomic E-state index is 10.6. The summed E-state index contributed by atoms with van der Waals surface area (Å²) in [5.41, 5.74) is 0. The van der Waals surface area contributed by atoms with Crippen LogP contribution in [0.3, 0.4) is 0 Å². The van der Waals surface area contributed by atoms with Crippen LogP contribution >= 0.6 is 0 Å². The van der Waals surface area contributed by atoms with E-state index in [9.17, 15) is 8.42 Å². The van der Waals surface area contributed by atoms with Gasteiger partial charge in [0.15, 0.2) is 0 Å². The molecule has 6 nitrogen and oxygen atoms in total. The number of hydrogen-bond donors (Lipinski definition) is 0. The molecule has 0 aromatic heterocycles. The van der Waals surface area contributed by atoms with Crippen molar-refractivity contribution in [2.24, 2.45) is 0 Å². The summed E-state index contributed by atoms with van der Waals surface area (Å²) in [5, 5.41) is 0. The summed E-state index contributed by atoms with van der Waals surface area (Å²) in [7, 11) is 0. The Balaban J connectivity index is 1.93. The minimum Gasteiger partial charge on any atom is -0.266 e. The zero-order valence-corrected chi connectivity index (χ0v) is 7.47. The van der Waals surface area contributed by atoms with Crippen molar-refractivity contribution in [2.75, 3.05) is 13.2 Å². The van der Waals surface area contributed by atoms with Crippen LogP contribution in [0.4, 0.5) is 0 Å². The average Bonchev–Trinajstić information content (AvgIpc) is 2.58. The van der Waals surface area contributed by atoms with Crippen LogP contribution in [0.1, 0.15) is 0 Å². The fourth-order valence-electron chi connectivity index (χ4n) is 0.897. The topological polar surface area (TPSA) is 71.1 Å². The Morgan fingerprint density at radius 2 is 1.33 bits per heavy atom. The molecule has 0 N–H and O–H groups in total. The quantitative estimate of drug-likeness (QED) is 0.556. The summed E-state index contributed by atoms with van der Waals surface area (Å²) in [5.74, 6) is 0. The van der Waals surface area contributed by atoms with Crippen molar-refractivity contribution in [3.8, 4) is 0 Å². The second kappa shape index (κ2) is 3.48. The lowest BCUT2D eigenvalue weighted by molar-refractivity contribution is 0.0880. The molecule has 0 spiro atoms. The van der Waals surface area contributed by atoms with Gasteiger partial charge in [-0.05, 0) is 0 Å². The third-order valence-corrected chi connectivity index (χ3v) is 2.94. The van der Waals surface area contributed by atoms with Crippen molar-refractivity contribution in [1.29, 1.82) is 0 Å². The molecule has 2 aliphatic heterocycles. The van der Waals surface area contributed by atoms with E-state index in [4.69, 9.17) is 8.37 Å². The van der Waals surface area contributed by atoms with Crippen LogP contribution < -0.4 is 0 Å². The third-order valence-electron chi connectivity index (χ3n) is 1.48. The van der Waals surface area contributed by atoms with Crippen LogP contribution in [0.25, 0.3) is 0 Å². The molecule has 2 heterocycles. The first-order chi connectivity index (χ1) is 5.75. The summed E-state index contributed by atoms with van der Waals surface area (Å²) in [6.45, 7) is 0.357. The van der Waals surface area contributed by atoms with E-state index in [1.54, 1.807) is 0 Å². The summed E-state index contributed by atoms with van der Waals surface area (Å²) in [4.78, 5) is 0. The molecule has 0 amide bonds. The van der Waals surface area contributed by atoms with Gasteiger partial charge >= 0.3 is 22.7 Å². The SMILES string of the molecule is O=S1OC[C@@H]([C@@H]2COS(=O)O2)O1. The van der Waals surface area contributed by atoms with Crippen LogP contribution in [0, 0.1) is 0 Å². The zero-order valence-electron chi connectivity index (χ0n) is 5.83. The Hall–Kier alpha value is 0.140. The predicted molar refractivity (Wildman–Crippen MR) is 37.9 cm³/mol. The Bertz CT molecular complexity index is 206. The van der Waals surface area contributed by atoms with Gasteiger partial charge in [-0.1, -0.05) is 0 Å². The molecule has 12 heavy (non-hydrogen) atoms. The first-order valence-corrected chi connectivity index (χ1v) is 5.20. The van der Waals surface area contributed by atoms with Crippen molar-refractivity contribution in [3.63, 3.8) is 0 Å². The summed E-state index contributed by atoms with van der Waals surface area (Å²) in [6, 6.07) is 0. The number of rotatable bonds is 1. The van der Waals surface area contributed by atoms with Crippen molar-refractivity contribution in [2.45, 2.75) is 12.2 Å². The van der Waals surface area contributed by atoms with Gasteiger partial charge in [-0.3, -0.25) is 16.7 Å². The lowest BCUT2D eigenvalue weighted by atomic mass is 10.2. The summed E-state index contributed by atoms with van der Waals surface area (Å²) in [6.07, 6.45) is -0.894. The molecule has 70 valence electrons. The van der Waals surface area contributed by atoms with Crippen molar-refractivity contribution in [3.05, 3.63) is 0 Å². The van der Waals surface area contributed by atoms with E-state index in [1.807, 2.05) is 0 Å². The second-order valence-electron chi connectivity index (χ2n) is 2.25. The smallest absolute Gasteiger partial charge is 0.266 e. The van der Waals surface area contributed by atoms with Crippen LogP contribution in [0.15, 0.2) is 0 Å². The standard InChI is InChI=1S/C4H6O6S2/c5-11-7-1-3(9-11)4-2-8-12(6)10-4/h3-4H,1-2H2/t3-,4-,11?,12?/m0/s1. The molecule has 2 rings (SSSR count). The minimum absolute atomic E-state index is 0.178. The molecule has 0 aromatic carbocycles. The highest BCUT2D eigenvalue weighted by atomic mass is 32.2. The molecule has 2 aliphatic rings. The molecule has 2 unspecified atom stereocenters. The van der Waals surface area contributed by atoms with E-state index in [0.29, 0.717) is 0 Å². The van der Waals surface area contributed by atoms with Gasteiger partial charge in [-0.15, -0.1) is 0 Å². The highest BCUT2D eigenvalue weighted by Gasteiger charge is 2.37. The van der Waals surface area contributed by atoms with Gasteiger partial charge in [0.25, 0.3) is 0 Å². The van der Waals surface area contributed by atoms with E-state index < -0.39 is 34.9 Å². The first-order valence-electron chi connectivity index (χ1n) is 3.20. The molecule has 0 aliphatic carbocycles. The second-order valence-corrected chi connectivity index (χ2v) is 3.92. The van der Waals surface area contributed by atoms with Gasteiger partial charge in [0.1, 0.15) is 12.2 Å². The Morgan fingerprint density at radius 1 is 0.917 bits per heavy atom. The molecule has 8 heteroatoms. The molecular formula is C4H6O6S2. The lowest BCUT2D eigenvalue weighted by Gasteiger charge is -2.08. The lowest BCUT2D eigenvalue weighted by Crippen LogP contribution is -2.29. The van der Waals surface area contributed by atoms with Crippen LogP contribution in [-0.2, 0) is 39.5 Å². The van der Waals surface area contributed by atoms with Gasteiger partial charge < -0.3 is 0 Å². The maximum Gasteiger partial charge on any atom is 0.305 e. The Kier molecular flexibility index (Phi) is 2.53. The minimum atomic E-state index is -1.69. The van der Waals surface area contributed by atoms with E-state index >= 15 is 0 Å². The fraction of sp³-hybridized carbons (Fsp3) is 1.00. The van der Waals surface area contributed by atoms with Gasteiger partial charge in [-0.25, -0.2) is 0 Å². The van der Waals surface area contributed by atoms with Crippen molar-refractivity contribution >= 4 is 22.7 Å². The van der Waals surface area contributed by atoms with Crippen LogP contribution in [0.2, 0.25) is 0 Å². The number of hydrogen-bond acceptors (Lipinski definition) is 6. The summed E-state index contributed by atoms with van der Waals surface area (Å²) >= 11 is -3.39. The normalized spacial score (nSPS) is 48.3. The van der Waals surface area contributed by atoms with Crippen molar-refractivity contribution in [1.82, 2.24) is 0 Å². The predicted octanol–water partition coefficient (Wildman–Crippen LogP) is -1.03. The van der Waals surface area contributed by atoms with E-state index in [0.717, 1.165) is 0 Å². The monoisotopic (exact) mass is 214 g/mol. The van der Waals surface area contributed by atoms with Gasteiger partial charge in [0.05, 0.1) is 13.2 Å². The molecule has 2 saturated heterocycles. The molecular weight excluding hydrogens is 208 g/mol. The highest BCUT2D eigenvalue weighted by molar-refractivity contribution is 7.75. The van der Waals surface area contributed by atoms with Crippen LogP contribution in [-0.4, -0.2) is 33.8 Å². The summed E-state index contributed by atoms with van der Waals surface area (Å²) < 4.78 is 40.0. The van der Waals surface area contributed by atoms with E-state index in [1.165, 1.54) is 0 Å². The van der Waals surface area contributed by atoms with Gasteiger partial charge in [0.2, 0.25) is 0 Å². The first kappa shape index (κ1) is 8.73. The fourth-order valence-corrected chi connectivity index (χ4v) is 2.26. The van der Waals surface area contributed by atoms with Gasteiger partial charge in [0, 0.05) is 0 Å². The Labute approximate surface area is 73.9 Å². The van der Waals surface area contributed by atoms with E-state index in [2.05, 4.69) is 8.37 Å². The molecule has 4 atom stereocenters. The molecule has 2 fully saturated rings. The maximum absolute atomic E-state index is 10.6. The highest BCUT2D eigenvalue weighted by Crippen LogP contribution is 2.20. The van der Waals surface area contributed by atoms with Crippen molar-refractivity contribution < 1.29 is 25.2 Å². The zero-order chi connectivity index (χ0) is 8.55. The third kappa shape index (κ3) is 1.73. The molecule has 0 radical (unpaired) electrons. The van der Waals surface area contributed by atoms with Gasteiger partial charge in [-0.2, -0.15) is 8.42 Å². The molecule has 0 saturated carbocycles.